The van der Waals surface area contributed by atoms with Gasteiger partial charge in [0, 0.05) is 50.2 Å². The SMILES string of the molecule is CN(C[C@@H](c1ccccc1Cl)N1CCOCC1)C(=O)C[C@H](N)Cc1cc(F)c(F)cc1F. The molecule has 1 aliphatic heterocycles. The van der Waals surface area contributed by atoms with E-state index in [1.807, 2.05) is 24.3 Å². The average Bonchev–Trinajstić information content (AvgIpc) is 2.76. The third kappa shape index (κ3) is 6.22. The molecule has 32 heavy (non-hydrogen) atoms. The number of carbonyl (C=O) groups is 1. The van der Waals surface area contributed by atoms with Gasteiger partial charge in [-0.25, -0.2) is 13.2 Å². The number of nitrogens with zero attached hydrogens (tertiary/aromatic N) is 2. The Morgan fingerprint density at radius 3 is 2.50 bits per heavy atom. The van der Waals surface area contributed by atoms with Crippen LogP contribution in [0.4, 0.5) is 13.2 Å². The molecule has 1 heterocycles. The maximum atomic E-state index is 13.9. The minimum absolute atomic E-state index is 0.0610. The van der Waals surface area contributed by atoms with Crippen molar-refractivity contribution in [3.8, 4) is 0 Å². The summed E-state index contributed by atoms with van der Waals surface area (Å²) in [6.07, 6.45) is -0.146. The fourth-order valence-corrected chi connectivity index (χ4v) is 4.12. The summed E-state index contributed by atoms with van der Waals surface area (Å²) in [6, 6.07) is 7.92. The van der Waals surface area contributed by atoms with Gasteiger partial charge in [0.05, 0.1) is 19.3 Å². The van der Waals surface area contributed by atoms with E-state index < -0.39 is 23.5 Å². The molecular formula is C23H27ClF3N3O2. The fraction of sp³-hybridized carbons (Fsp3) is 0.435. The molecule has 0 saturated carbocycles. The number of benzene rings is 2. The number of morpholine rings is 1. The van der Waals surface area contributed by atoms with Crippen molar-refractivity contribution in [2.24, 2.45) is 5.73 Å². The second kappa shape index (κ2) is 11.1. The van der Waals surface area contributed by atoms with Crippen molar-refractivity contribution in [3.63, 3.8) is 0 Å². The minimum Gasteiger partial charge on any atom is -0.379 e. The van der Waals surface area contributed by atoms with E-state index in [-0.39, 0.29) is 30.4 Å². The van der Waals surface area contributed by atoms with Gasteiger partial charge in [0.2, 0.25) is 5.91 Å². The van der Waals surface area contributed by atoms with Crippen molar-refractivity contribution in [2.75, 3.05) is 39.9 Å². The summed E-state index contributed by atoms with van der Waals surface area (Å²) in [5.41, 5.74) is 6.89. The molecule has 2 aromatic rings. The number of amides is 1. The second-order valence-electron chi connectivity index (χ2n) is 7.99. The molecule has 0 radical (unpaired) electrons. The minimum atomic E-state index is -1.26. The Morgan fingerprint density at radius 1 is 1.16 bits per heavy atom. The number of hydrogen-bond donors (Lipinski definition) is 1. The highest BCUT2D eigenvalue weighted by Crippen LogP contribution is 2.29. The quantitative estimate of drug-likeness (QED) is 0.601. The number of hydrogen-bond acceptors (Lipinski definition) is 4. The van der Waals surface area contributed by atoms with Gasteiger partial charge >= 0.3 is 0 Å². The number of rotatable bonds is 8. The molecule has 2 N–H and O–H groups in total. The van der Waals surface area contributed by atoms with Crippen LogP contribution in [0.3, 0.4) is 0 Å². The van der Waals surface area contributed by atoms with Crippen molar-refractivity contribution in [1.29, 1.82) is 0 Å². The van der Waals surface area contributed by atoms with Gasteiger partial charge in [-0.05, 0) is 29.7 Å². The van der Waals surface area contributed by atoms with Gasteiger partial charge in [-0.3, -0.25) is 9.69 Å². The lowest BCUT2D eigenvalue weighted by molar-refractivity contribution is -0.131. The zero-order chi connectivity index (χ0) is 23.3. The molecular weight excluding hydrogens is 443 g/mol. The lowest BCUT2D eigenvalue weighted by atomic mass is 10.0. The first-order valence-corrected chi connectivity index (χ1v) is 10.8. The Bertz CT molecular complexity index is 941. The molecule has 9 heteroatoms. The summed E-state index contributed by atoms with van der Waals surface area (Å²) in [5.74, 6) is -3.52. The van der Waals surface area contributed by atoms with Crippen LogP contribution in [-0.4, -0.2) is 61.6 Å². The molecule has 5 nitrogen and oxygen atoms in total. The molecule has 1 saturated heterocycles. The maximum absolute atomic E-state index is 13.9. The molecule has 0 aliphatic carbocycles. The van der Waals surface area contributed by atoms with Crippen LogP contribution < -0.4 is 5.73 Å². The van der Waals surface area contributed by atoms with E-state index in [0.717, 1.165) is 11.6 Å². The first-order valence-electron chi connectivity index (χ1n) is 10.5. The van der Waals surface area contributed by atoms with Gasteiger partial charge in [-0.15, -0.1) is 0 Å². The van der Waals surface area contributed by atoms with Gasteiger partial charge in [0.15, 0.2) is 11.6 Å². The van der Waals surface area contributed by atoms with E-state index >= 15 is 0 Å². The molecule has 0 aromatic heterocycles. The molecule has 2 aromatic carbocycles. The van der Waals surface area contributed by atoms with Gasteiger partial charge in [0.25, 0.3) is 0 Å². The number of carbonyl (C=O) groups excluding carboxylic acids is 1. The van der Waals surface area contributed by atoms with Crippen LogP contribution in [-0.2, 0) is 16.0 Å². The lowest BCUT2D eigenvalue weighted by Crippen LogP contribution is -2.45. The van der Waals surface area contributed by atoms with E-state index in [2.05, 4.69) is 4.90 Å². The Morgan fingerprint density at radius 2 is 1.81 bits per heavy atom. The molecule has 0 spiro atoms. The fourth-order valence-electron chi connectivity index (χ4n) is 3.86. The van der Waals surface area contributed by atoms with Crippen molar-refractivity contribution >= 4 is 17.5 Å². The zero-order valence-electron chi connectivity index (χ0n) is 17.9. The van der Waals surface area contributed by atoms with E-state index in [1.54, 1.807) is 11.9 Å². The van der Waals surface area contributed by atoms with Crippen molar-refractivity contribution < 1.29 is 22.7 Å². The third-order valence-corrected chi connectivity index (χ3v) is 5.98. The molecule has 1 amide bonds. The highest BCUT2D eigenvalue weighted by atomic mass is 35.5. The lowest BCUT2D eigenvalue weighted by Gasteiger charge is -2.37. The van der Waals surface area contributed by atoms with E-state index in [4.69, 9.17) is 22.1 Å². The smallest absolute Gasteiger partial charge is 0.223 e. The number of likely N-dealkylation sites (N-methyl/N-ethyl adjacent to an activating group) is 1. The maximum Gasteiger partial charge on any atom is 0.223 e. The highest BCUT2D eigenvalue weighted by Gasteiger charge is 2.27. The van der Waals surface area contributed by atoms with E-state index in [9.17, 15) is 18.0 Å². The number of ether oxygens (including phenoxy) is 1. The van der Waals surface area contributed by atoms with E-state index in [1.165, 1.54) is 0 Å². The highest BCUT2D eigenvalue weighted by molar-refractivity contribution is 6.31. The van der Waals surface area contributed by atoms with Crippen LogP contribution in [0.5, 0.6) is 0 Å². The van der Waals surface area contributed by atoms with Gasteiger partial charge in [0.1, 0.15) is 5.82 Å². The summed E-state index contributed by atoms with van der Waals surface area (Å²) in [7, 11) is 1.68. The summed E-state index contributed by atoms with van der Waals surface area (Å²) >= 11 is 6.44. The molecule has 3 rings (SSSR count). The van der Waals surface area contributed by atoms with Crippen LogP contribution in [0.25, 0.3) is 0 Å². The molecule has 0 bridgehead atoms. The number of nitrogens with two attached hydrogens (primary N) is 1. The standard InChI is InChI=1S/C23H27ClF3N3O2/c1-29(23(31)12-16(28)10-15-11-20(26)21(27)13-19(15)25)14-22(30-6-8-32-9-7-30)17-4-2-3-5-18(17)24/h2-5,11,13,16,22H,6-10,12,14,28H2,1H3/t16-,22+/m1/s1. The molecule has 1 fully saturated rings. The first-order chi connectivity index (χ1) is 15.3. The predicted molar refractivity (Wildman–Crippen MR) is 117 cm³/mol. The third-order valence-electron chi connectivity index (χ3n) is 5.63. The largest absolute Gasteiger partial charge is 0.379 e. The Labute approximate surface area is 190 Å². The Kier molecular flexibility index (Phi) is 8.53. The average molecular weight is 470 g/mol. The predicted octanol–water partition coefficient (Wildman–Crippen LogP) is 3.55. The summed E-state index contributed by atoms with van der Waals surface area (Å²) in [5, 5.41) is 0.621. The Balaban J connectivity index is 1.66. The van der Waals surface area contributed by atoms with Crippen LogP contribution in [0.1, 0.15) is 23.6 Å². The van der Waals surface area contributed by atoms with Crippen LogP contribution in [0.2, 0.25) is 5.02 Å². The normalized spacial score (nSPS) is 16.6. The molecule has 2 atom stereocenters. The molecule has 174 valence electrons. The second-order valence-corrected chi connectivity index (χ2v) is 8.39. The monoisotopic (exact) mass is 469 g/mol. The first kappa shape index (κ1) is 24.5. The van der Waals surface area contributed by atoms with Gasteiger partial charge < -0.3 is 15.4 Å². The number of halogens is 4. The van der Waals surface area contributed by atoms with Crippen molar-refractivity contribution in [2.45, 2.75) is 24.9 Å². The zero-order valence-corrected chi connectivity index (χ0v) is 18.6. The van der Waals surface area contributed by atoms with Crippen LogP contribution in [0, 0.1) is 17.5 Å². The summed E-state index contributed by atoms with van der Waals surface area (Å²) in [6.45, 7) is 3.01. The van der Waals surface area contributed by atoms with Crippen molar-refractivity contribution in [1.82, 2.24) is 9.80 Å². The Hall–Kier alpha value is -2.13. The van der Waals surface area contributed by atoms with Crippen LogP contribution in [0.15, 0.2) is 36.4 Å². The van der Waals surface area contributed by atoms with Gasteiger partial charge in [-0.2, -0.15) is 0 Å². The molecule has 0 unspecified atom stereocenters. The van der Waals surface area contributed by atoms with Crippen LogP contribution >= 0.6 is 11.6 Å². The van der Waals surface area contributed by atoms with E-state index in [0.29, 0.717) is 43.9 Å². The van der Waals surface area contributed by atoms with Gasteiger partial charge in [-0.1, -0.05) is 29.8 Å². The molecule has 1 aliphatic rings. The topological polar surface area (TPSA) is 58.8 Å². The summed E-state index contributed by atoms with van der Waals surface area (Å²) < 4.78 is 45.9. The van der Waals surface area contributed by atoms with Crippen molar-refractivity contribution in [3.05, 3.63) is 70.0 Å². The summed E-state index contributed by atoms with van der Waals surface area (Å²) in [4.78, 5) is 16.6.